The molecule has 1 aromatic rings. The van der Waals surface area contributed by atoms with Gasteiger partial charge in [0.15, 0.2) is 17.8 Å². The van der Waals surface area contributed by atoms with E-state index >= 15 is 0 Å². The molecule has 0 aliphatic carbocycles. The summed E-state index contributed by atoms with van der Waals surface area (Å²) in [6, 6.07) is 5.22. The average molecular weight is 279 g/mol. The zero-order chi connectivity index (χ0) is 15.0. The number of carbonyl (C=O) groups is 2. The molecule has 0 atom stereocenters. The maximum absolute atomic E-state index is 11.5. The molecule has 0 saturated heterocycles. The summed E-state index contributed by atoms with van der Waals surface area (Å²) in [4.78, 5) is 22.5. The fourth-order valence-corrected chi connectivity index (χ4v) is 1.69. The Morgan fingerprint density at radius 3 is 2.70 bits per heavy atom. The summed E-state index contributed by atoms with van der Waals surface area (Å²) in [5, 5.41) is 2.78. The highest BCUT2D eigenvalue weighted by Gasteiger charge is 2.11. The Morgan fingerprint density at radius 2 is 2.10 bits per heavy atom. The Labute approximate surface area is 119 Å². The minimum absolute atomic E-state index is 0.0819. The molecule has 0 radical (unpaired) electrons. The van der Waals surface area contributed by atoms with Crippen LogP contribution in [-0.2, 0) is 4.79 Å². The molecule has 1 amide bonds. The van der Waals surface area contributed by atoms with Gasteiger partial charge < -0.3 is 14.8 Å². The molecule has 1 rings (SSSR count). The molecule has 1 N–H and O–H groups in total. The summed E-state index contributed by atoms with van der Waals surface area (Å²) < 4.78 is 11.0. The molecule has 0 aliphatic rings. The highest BCUT2D eigenvalue weighted by molar-refractivity contribution is 5.81. The van der Waals surface area contributed by atoms with E-state index in [-0.39, 0.29) is 25.0 Å². The van der Waals surface area contributed by atoms with Crippen LogP contribution in [0.25, 0.3) is 0 Å². The standard InChI is InChI=1S/C15H21NO4/c1-4-19-13-7-5-6-12(10-17)15(13)20-9-8-14(18)16-11(2)3/h5-7,10-11H,4,8-9H2,1-3H3,(H,16,18). The summed E-state index contributed by atoms with van der Waals surface area (Å²) in [5.74, 6) is 0.824. The van der Waals surface area contributed by atoms with Crippen LogP contribution in [0.1, 0.15) is 37.6 Å². The maximum atomic E-state index is 11.5. The van der Waals surface area contributed by atoms with Gasteiger partial charge in [-0.25, -0.2) is 0 Å². The van der Waals surface area contributed by atoms with Gasteiger partial charge in [-0.3, -0.25) is 9.59 Å². The van der Waals surface area contributed by atoms with Gasteiger partial charge in [0, 0.05) is 6.04 Å². The molecule has 0 saturated carbocycles. The number of amides is 1. The highest BCUT2D eigenvalue weighted by Crippen LogP contribution is 2.30. The SMILES string of the molecule is CCOc1cccc(C=O)c1OCCC(=O)NC(C)C. The third-order valence-corrected chi connectivity index (χ3v) is 2.46. The fraction of sp³-hybridized carbons (Fsp3) is 0.467. The lowest BCUT2D eigenvalue weighted by Crippen LogP contribution is -2.31. The Morgan fingerprint density at radius 1 is 1.35 bits per heavy atom. The van der Waals surface area contributed by atoms with Crippen molar-refractivity contribution >= 4 is 12.2 Å². The van der Waals surface area contributed by atoms with Gasteiger partial charge in [0.25, 0.3) is 0 Å². The van der Waals surface area contributed by atoms with Gasteiger partial charge >= 0.3 is 0 Å². The smallest absolute Gasteiger partial charge is 0.223 e. The van der Waals surface area contributed by atoms with Crippen LogP contribution in [0.4, 0.5) is 0 Å². The van der Waals surface area contributed by atoms with Crippen LogP contribution in [0.5, 0.6) is 11.5 Å². The van der Waals surface area contributed by atoms with Gasteiger partial charge in [-0.1, -0.05) is 6.07 Å². The molecule has 0 bridgehead atoms. The maximum Gasteiger partial charge on any atom is 0.223 e. The van der Waals surface area contributed by atoms with Crippen LogP contribution in [0.15, 0.2) is 18.2 Å². The molecule has 0 heterocycles. The van der Waals surface area contributed by atoms with Crippen LogP contribution in [0.3, 0.4) is 0 Å². The molecule has 5 nitrogen and oxygen atoms in total. The quantitative estimate of drug-likeness (QED) is 0.741. The number of ether oxygens (including phenoxy) is 2. The van der Waals surface area contributed by atoms with Crippen molar-refractivity contribution in [1.29, 1.82) is 0 Å². The molecular formula is C15H21NO4. The van der Waals surface area contributed by atoms with Crippen LogP contribution in [-0.4, -0.2) is 31.4 Å². The monoisotopic (exact) mass is 279 g/mol. The van der Waals surface area contributed by atoms with E-state index in [1.54, 1.807) is 18.2 Å². The first-order chi connectivity index (χ1) is 9.58. The first kappa shape index (κ1) is 16.0. The third-order valence-electron chi connectivity index (χ3n) is 2.46. The molecule has 0 aliphatic heterocycles. The van der Waals surface area contributed by atoms with Crippen molar-refractivity contribution in [1.82, 2.24) is 5.32 Å². The average Bonchev–Trinajstić information content (AvgIpc) is 2.39. The predicted octanol–water partition coefficient (Wildman–Crippen LogP) is 2.19. The van der Waals surface area contributed by atoms with E-state index in [1.807, 2.05) is 20.8 Å². The zero-order valence-electron chi connectivity index (χ0n) is 12.1. The van der Waals surface area contributed by atoms with Gasteiger partial charge in [-0.2, -0.15) is 0 Å². The Balaban J connectivity index is 2.66. The number of carbonyl (C=O) groups excluding carboxylic acids is 2. The zero-order valence-corrected chi connectivity index (χ0v) is 12.1. The second kappa shape index (κ2) is 8.19. The first-order valence-electron chi connectivity index (χ1n) is 6.71. The predicted molar refractivity (Wildman–Crippen MR) is 76.4 cm³/mol. The largest absolute Gasteiger partial charge is 0.490 e. The van der Waals surface area contributed by atoms with Gasteiger partial charge in [0.1, 0.15) is 0 Å². The molecule has 20 heavy (non-hydrogen) atoms. The molecule has 5 heteroatoms. The number of hydrogen-bond acceptors (Lipinski definition) is 4. The molecule has 0 fully saturated rings. The lowest BCUT2D eigenvalue weighted by molar-refractivity contribution is -0.122. The van der Waals surface area contributed by atoms with E-state index in [0.717, 1.165) is 0 Å². The molecule has 0 unspecified atom stereocenters. The van der Waals surface area contributed by atoms with Crippen molar-refractivity contribution in [2.45, 2.75) is 33.2 Å². The minimum Gasteiger partial charge on any atom is -0.490 e. The van der Waals surface area contributed by atoms with Crippen molar-refractivity contribution in [2.24, 2.45) is 0 Å². The van der Waals surface area contributed by atoms with Crippen molar-refractivity contribution in [3.63, 3.8) is 0 Å². The van der Waals surface area contributed by atoms with Gasteiger partial charge in [-0.15, -0.1) is 0 Å². The second-order valence-corrected chi connectivity index (χ2v) is 4.55. The van der Waals surface area contributed by atoms with Crippen molar-refractivity contribution in [2.75, 3.05) is 13.2 Å². The normalized spacial score (nSPS) is 10.2. The van der Waals surface area contributed by atoms with Crippen molar-refractivity contribution in [3.05, 3.63) is 23.8 Å². The Hall–Kier alpha value is -2.04. The molecule has 0 aromatic heterocycles. The Kier molecular flexibility index (Phi) is 6.56. The van der Waals surface area contributed by atoms with E-state index in [1.165, 1.54) is 0 Å². The van der Waals surface area contributed by atoms with E-state index in [2.05, 4.69) is 5.32 Å². The summed E-state index contributed by atoms with van der Waals surface area (Å²) in [5.41, 5.74) is 0.417. The summed E-state index contributed by atoms with van der Waals surface area (Å²) >= 11 is 0. The summed E-state index contributed by atoms with van der Waals surface area (Å²) in [6.45, 7) is 6.32. The van der Waals surface area contributed by atoms with Crippen molar-refractivity contribution < 1.29 is 19.1 Å². The van der Waals surface area contributed by atoms with E-state index in [4.69, 9.17) is 9.47 Å². The van der Waals surface area contributed by atoms with E-state index in [0.29, 0.717) is 30.0 Å². The van der Waals surface area contributed by atoms with Gasteiger partial charge in [-0.05, 0) is 32.9 Å². The first-order valence-corrected chi connectivity index (χ1v) is 6.71. The number of hydrogen-bond donors (Lipinski definition) is 1. The molecule has 110 valence electrons. The minimum atomic E-state index is -0.0819. The van der Waals surface area contributed by atoms with Crippen molar-refractivity contribution in [3.8, 4) is 11.5 Å². The molecular weight excluding hydrogens is 258 g/mol. The van der Waals surface area contributed by atoms with E-state index < -0.39 is 0 Å². The lowest BCUT2D eigenvalue weighted by atomic mass is 10.2. The topological polar surface area (TPSA) is 64.6 Å². The number of aldehydes is 1. The summed E-state index contributed by atoms with van der Waals surface area (Å²) in [6.07, 6.45) is 0.947. The number of benzene rings is 1. The van der Waals surface area contributed by atoms with Crippen LogP contribution < -0.4 is 14.8 Å². The van der Waals surface area contributed by atoms with Gasteiger partial charge in [0.2, 0.25) is 5.91 Å². The molecule has 0 spiro atoms. The summed E-state index contributed by atoms with van der Waals surface area (Å²) in [7, 11) is 0. The number of rotatable bonds is 8. The van der Waals surface area contributed by atoms with E-state index in [9.17, 15) is 9.59 Å². The van der Waals surface area contributed by atoms with Gasteiger partial charge in [0.05, 0.1) is 25.2 Å². The van der Waals surface area contributed by atoms with Crippen LogP contribution in [0.2, 0.25) is 0 Å². The highest BCUT2D eigenvalue weighted by atomic mass is 16.5. The lowest BCUT2D eigenvalue weighted by Gasteiger charge is -2.14. The third kappa shape index (κ3) is 4.91. The Bertz CT molecular complexity index is 457. The number of nitrogens with one attached hydrogen (secondary N) is 1. The number of para-hydroxylation sites is 1. The molecule has 1 aromatic carbocycles. The fourth-order valence-electron chi connectivity index (χ4n) is 1.69. The second-order valence-electron chi connectivity index (χ2n) is 4.55. The van der Waals surface area contributed by atoms with Crippen LogP contribution in [0, 0.1) is 0 Å². The van der Waals surface area contributed by atoms with Crippen LogP contribution >= 0.6 is 0 Å².